The molecule has 0 amide bonds. The van der Waals surface area contributed by atoms with Crippen molar-refractivity contribution in [2.45, 2.75) is 12.5 Å². The van der Waals surface area contributed by atoms with E-state index < -0.39 is 0 Å². The fraction of sp³-hybridized carbons (Fsp3) is 0.400. The largest absolute Gasteiger partial charge is 0.490 e. The zero-order valence-electron chi connectivity index (χ0n) is 7.66. The summed E-state index contributed by atoms with van der Waals surface area (Å²) in [7, 11) is 0. The lowest BCUT2D eigenvalue weighted by atomic mass is 10.3. The molecule has 0 bridgehead atoms. The molecule has 0 radical (unpaired) electrons. The van der Waals surface area contributed by atoms with Crippen LogP contribution in [0.15, 0.2) is 36.8 Å². The second-order valence-corrected chi connectivity index (χ2v) is 4.13. The Kier molecular flexibility index (Phi) is 3.96. The lowest BCUT2D eigenvalue weighted by Gasteiger charge is -2.11. The number of ether oxygens (including phenoxy) is 1. The summed E-state index contributed by atoms with van der Waals surface area (Å²) in [6.07, 6.45) is 4.89. The quantitative estimate of drug-likeness (QED) is 0.553. The molecule has 0 aromatic heterocycles. The predicted molar refractivity (Wildman–Crippen MR) is 58.4 cm³/mol. The Balaban J connectivity index is 2.28. The zero-order chi connectivity index (χ0) is 9.68. The highest BCUT2D eigenvalue weighted by Crippen LogP contribution is 2.21. The third-order valence-corrected chi connectivity index (χ3v) is 2.82. The molecule has 0 spiro atoms. The molecule has 1 aliphatic heterocycles. The number of allylic oxidation sites excluding steroid dienone is 2. The second kappa shape index (κ2) is 5.02. The molecule has 0 aromatic rings. The Bertz CT molecular complexity index is 229. The van der Waals surface area contributed by atoms with Gasteiger partial charge in [-0.05, 0) is 24.3 Å². The Morgan fingerprint density at radius 1 is 1.46 bits per heavy atom. The Morgan fingerprint density at radius 2 is 2.23 bits per heavy atom. The van der Waals surface area contributed by atoms with Gasteiger partial charge in [0.2, 0.25) is 0 Å². The molecule has 72 valence electrons. The van der Waals surface area contributed by atoms with Gasteiger partial charge in [0.25, 0.3) is 0 Å². The van der Waals surface area contributed by atoms with Crippen molar-refractivity contribution in [3.8, 4) is 0 Å². The second-order valence-electron chi connectivity index (χ2n) is 2.98. The van der Waals surface area contributed by atoms with Gasteiger partial charge in [-0.25, -0.2) is 0 Å². The number of hydrogen-bond donors (Lipinski definition) is 1. The smallest absolute Gasteiger partial charge is 0.112 e. The highest BCUT2D eigenvalue weighted by Gasteiger charge is 2.16. The molecule has 3 heteroatoms. The first-order valence-corrected chi connectivity index (χ1v) is 5.39. The van der Waals surface area contributed by atoms with Crippen molar-refractivity contribution in [1.82, 2.24) is 0 Å². The number of hydrogen-bond acceptors (Lipinski definition) is 3. The molecule has 13 heavy (non-hydrogen) atoms. The number of nitrogens with two attached hydrogens (primary N) is 1. The van der Waals surface area contributed by atoms with Crippen LogP contribution in [0.25, 0.3) is 0 Å². The zero-order valence-corrected chi connectivity index (χ0v) is 8.48. The van der Waals surface area contributed by atoms with Gasteiger partial charge < -0.3 is 10.5 Å². The summed E-state index contributed by atoms with van der Waals surface area (Å²) >= 11 is 1.92. The fourth-order valence-electron chi connectivity index (χ4n) is 1.06. The standard InChI is InChI=1S/C10H15NOS/c1-8(11)3-4-9(2)12-10-5-6-13-7-10/h3-4,10H,1-2,5-7,11H2/b4-3-. The van der Waals surface area contributed by atoms with E-state index in [4.69, 9.17) is 10.5 Å². The predicted octanol–water partition coefficient (Wildman–Crippen LogP) is 2.05. The molecule has 1 rings (SSSR count). The maximum atomic E-state index is 5.56. The Morgan fingerprint density at radius 3 is 2.77 bits per heavy atom. The molecule has 1 aliphatic rings. The fourth-order valence-corrected chi connectivity index (χ4v) is 2.15. The van der Waals surface area contributed by atoms with Crippen molar-refractivity contribution in [3.05, 3.63) is 36.8 Å². The van der Waals surface area contributed by atoms with Crippen LogP contribution in [0.4, 0.5) is 0 Å². The van der Waals surface area contributed by atoms with Gasteiger partial charge in [-0.15, -0.1) is 0 Å². The third-order valence-electron chi connectivity index (χ3n) is 1.69. The maximum absolute atomic E-state index is 5.56. The summed E-state index contributed by atoms with van der Waals surface area (Å²) < 4.78 is 5.56. The van der Waals surface area contributed by atoms with Crippen molar-refractivity contribution in [2.75, 3.05) is 11.5 Å². The molecular weight excluding hydrogens is 182 g/mol. The molecule has 1 fully saturated rings. The Labute approximate surface area is 83.5 Å². The van der Waals surface area contributed by atoms with E-state index in [1.807, 2.05) is 11.8 Å². The van der Waals surface area contributed by atoms with Crippen molar-refractivity contribution in [3.63, 3.8) is 0 Å². The van der Waals surface area contributed by atoms with Crippen LogP contribution in [-0.4, -0.2) is 17.6 Å². The molecule has 0 aliphatic carbocycles. The van der Waals surface area contributed by atoms with E-state index >= 15 is 0 Å². The van der Waals surface area contributed by atoms with E-state index in [9.17, 15) is 0 Å². The van der Waals surface area contributed by atoms with Gasteiger partial charge in [-0.1, -0.05) is 13.2 Å². The molecule has 2 nitrogen and oxygen atoms in total. The van der Waals surface area contributed by atoms with Crippen LogP contribution in [0, 0.1) is 0 Å². The van der Waals surface area contributed by atoms with Crippen LogP contribution in [-0.2, 0) is 4.74 Å². The molecule has 0 aromatic carbocycles. The van der Waals surface area contributed by atoms with Gasteiger partial charge in [0.15, 0.2) is 0 Å². The van der Waals surface area contributed by atoms with E-state index in [0.29, 0.717) is 17.6 Å². The Hall–Kier alpha value is -0.830. The molecule has 1 heterocycles. The third kappa shape index (κ3) is 4.08. The lowest BCUT2D eigenvalue weighted by molar-refractivity contribution is 0.149. The van der Waals surface area contributed by atoms with Crippen LogP contribution in [0.2, 0.25) is 0 Å². The normalized spacial score (nSPS) is 22.0. The molecular formula is C10H15NOS. The van der Waals surface area contributed by atoms with Gasteiger partial charge >= 0.3 is 0 Å². The lowest BCUT2D eigenvalue weighted by Crippen LogP contribution is -2.09. The maximum Gasteiger partial charge on any atom is 0.112 e. The SMILES string of the molecule is C=C(N)/C=C\C(=C)OC1CCSC1. The van der Waals surface area contributed by atoms with E-state index in [0.717, 1.165) is 12.2 Å². The molecule has 2 N–H and O–H groups in total. The minimum Gasteiger partial charge on any atom is -0.490 e. The minimum absolute atomic E-state index is 0.327. The monoisotopic (exact) mass is 197 g/mol. The molecule has 1 atom stereocenters. The summed E-state index contributed by atoms with van der Waals surface area (Å²) in [4.78, 5) is 0. The first-order valence-electron chi connectivity index (χ1n) is 4.24. The van der Waals surface area contributed by atoms with Crippen LogP contribution in [0.5, 0.6) is 0 Å². The van der Waals surface area contributed by atoms with Gasteiger partial charge in [0.05, 0.1) is 0 Å². The highest BCUT2D eigenvalue weighted by atomic mass is 32.2. The summed E-state index contributed by atoms with van der Waals surface area (Å²) in [5.41, 5.74) is 5.89. The van der Waals surface area contributed by atoms with Crippen molar-refractivity contribution in [2.24, 2.45) is 5.73 Å². The van der Waals surface area contributed by atoms with Crippen LogP contribution in [0.1, 0.15) is 6.42 Å². The van der Waals surface area contributed by atoms with E-state index in [1.54, 1.807) is 12.2 Å². The summed E-state index contributed by atoms with van der Waals surface area (Å²) in [6.45, 7) is 7.32. The van der Waals surface area contributed by atoms with Gasteiger partial charge in [-0.3, -0.25) is 0 Å². The van der Waals surface area contributed by atoms with Crippen molar-refractivity contribution < 1.29 is 4.74 Å². The number of thioether (sulfide) groups is 1. The van der Waals surface area contributed by atoms with Crippen LogP contribution < -0.4 is 5.73 Å². The molecule has 0 saturated carbocycles. The number of rotatable bonds is 4. The van der Waals surface area contributed by atoms with E-state index in [-0.39, 0.29) is 0 Å². The first kappa shape index (κ1) is 10.3. The van der Waals surface area contributed by atoms with Crippen molar-refractivity contribution in [1.29, 1.82) is 0 Å². The van der Waals surface area contributed by atoms with Crippen molar-refractivity contribution >= 4 is 11.8 Å². The summed E-state index contributed by atoms with van der Waals surface area (Å²) in [6, 6.07) is 0. The topological polar surface area (TPSA) is 35.2 Å². The average Bonchev–Trinajstić information content (AvgIpc) is 2.53. The van der Waals surface area contributed by atoms with Gasteiger partial charge in [0, 0.05) is 11.4 Å². The average molecular weight is 197 g/mol. The highest BCUT2D eigenvalue weighted by molar-refractivity contribution is 7.99. The minimum atomic E-state index is 0.327. The van der Waals surface area contributed by atoms with Gasteiger partial charge in [-0.2, -0.15) is 11.8 Å². The summed E-state index contributed by atoms with van der Waals surface area (Å²) in [5.74, 6) is 2.92. The van der Waals surface area contributed by atoms with E-state index in [1.165, 1.54) is 5.75 Å². The first-order chi connectivity index (χ1) is 6.18. The van der Waals surface area contributed by atoms with Crippen LogP contribution >= 0.6 is 11.8 Å². The van der Waals surface area contributed by atoms with Gasteiger partial charge in [0.1, 0.15) is 11.9 Å². The van der Waals surface area contributed by atoms with Crippen LogP contribution in [0.3, 0.4) is 0 Å². The molecule has 1 unspecified atom stereocenters. The molecule has 1 saturated heterocycles. The summed E-state index contributed by atoms with van der Waals surface area (Å²) in [5, 5.41) is 0. The van der Waals surface area contributed by atoms with E-state index in [2.05, 4.69) is 13.2 Å².